The molecule has 0 aromatic heterocycles. The van der Waals surface area contributed by atoms with Crippen LogP contribution in [0.3, 0.4) is 0 Å². The largest absolute Gasteiger partial charge is 0.459 e. The Hall–Kier alpha value is -0.610. The van der Waals surface area contributed by atoms with Crippen molar-refractivity contribution in [3.63, 3.8) is 0 Å². The molecule has 18 heavy (non-hydrogen) atoms. The molecule has 0 amide bonds. The van der Waals surface area contributed by atoms with Crippen molar-refractivity contribution in [2.24, 2.45) is 23.2 Å². The van der Waals surface area contributed by atoms with Crippen molar-refractivity contribution in [3.05, 3.63) is 0 Å². The summed E-state index contributed by atoms with van der Waals surface area (Å²) in [4.78, 5) is 12.1. The fourth-order valence-electron chi connectivity index (χ4n) is 3.66. The van der Waals surface area contributed by atoms with Crippen molar-refractivity contribution in [2.75, 3.05) is 0 Å². The van der Waals surface area contributed by atoms with E-state index in [1.165, 1.54) is 0 Å². The molecule has 4 heteroatoms. The lowest BCUT2D eigenvalue weighted by molar-refractivity contribution is -0.174. The van der Waals surface area contributed by atoms with Crippen LogP contribution in [0.4, 0.5) is 0 Å². The first-order valence-corrected chi connectivity index (χ1v) is 6.98. The maximum Gasteiger partial charge on any atom is 0.311 e. The van der Waals surface area contributed by atoms with Gasteiger partial charge in [-0.25, -0.2) is 0 Å². The van der Waals surface area contributed by atoms with Crippen molar-refractivity contribution in [2.45, 2.75) is 58.5 Å². The monoisotopic (exact) mass is 254 g/mol. The minimum absolute atomic E-state index is 0.0691. The summed E-state index contributed by atoms with van der Waals surface area (Å²) in [5.74, 6) is 0.921. The first kappa shape index (κ1) is 12.4. The number of aliphatic hydroxyl groups is 1. The zero-order chi connectivity index (χ0) is 13.1. The van der Waals surface area contributed by atoms with Gasteiger partial charge < -0.3 is 14.6 Å². The maximum atomic E-state index is 12.1. The van der Waals surface area contributed by atoms with Gasteiger partial charge in [0, 0.05) is 5.92 Å². The van der Waals surface area contributed by atoms with E-state index in [2.05, 4.69) is 0 Å². The molecule has 102 valence electrons. The second-order valence-corrected chi connectivity index (χ2v) is 6.66. The molecule has 1 saturated heterocycles. The van der Waals surface area contributed by atoms with E-state index in [1.54, 1.807) is 0 Å². The van der Waals surface area contributed by atoms with Crippen molar-refractivity contribution in [1.29, 1.82) is 0 Å². The van der Waals surface area contributed by atoms with Crippen LogP contribution in [0.2, 0.25) is 0 Å². The smallest absolute Gasteiger partial charge is 0.311 e. The van der Waals surface area contributed by atoms with Crippen LogP contribution < -0.4 is 0 Å². The summed E-state index contributed by atoms with van der Waals surface area (Å²) in [6.07, 6.45) is 1.89. The number of carbonyl (C=O) groups is 1. The summed E-state index contributed by atoms with van der Waals surface area (Å²) in [6.45, 7) is 5.82. The number of hydrogen-bond donors (Lipinski definition) is 1. The number of ether oxygens (including phenoxy) is 2. The summed E-state index contributed by atoms with van der Waals surface area (Å²) in [7, 11) is 0. The van der Waals surface area contributed by atoms with E-state index in [4.69, 9.17) is 9.47 Å². The number of esters is 1. The standard InChI is InChI=1S/C14H22O4/c1-4-14(2,3)13(16)18-10-7-5-8-9(6-7)12(15)17-11(8)10/h7-12,15H,4-6H2,1-3H3. The lowest BCUT2D eigenvalue weighted by atomic mass is 9.86. The van der Waals surface area contributed by atoms with E-state index in [1.807, 2.05) is 20.8 Å². The molecule has 0 aromatic carbocycles. The summed E-state index contributed by atoms with van der Waals surface area (Å²) in [6, 6.07) is 0. The first-order chi connectivity index (χ1) is 8.44. The minimum atomic E-state index is -0.645. The highest BCUT2D eigenvalue weighted by Gasteiger charge is 2.62. The Bertz CT molecular complexity index is 365. The third-order valence-electron chi connectivity index (χ3n) is 5.25. The van der Waals surface area contributed by atoms with Gasteiger partial charge >= 0.3 is 5.97 Å². The van der Waals surface area contributed by atoms with Crippen molar-refractivity contribution < 1.29 is 19.4 Å². The van der Waals surface area contributed by atoms with E-state index in [0.29, 0.717) is 11.8 Å². The molecule has 2 aliphatic carbocycles. The molecule has 0 spiro atoms. The highest BCUT2D eigenvalue weighted by molar-refractivity contribution is 5.76. The molecule has 6 unspecified atom stereocenters. The molecule has 1 aliphatic heterocycles. The molecule has 3 fully saturated rings. The van der Waals surface area contributed by atoms with Crippen LogP contribution in [0.1, 0.15) is 40.0 Å². The fourth-order valence-corrected chi connectivity index (χ4v) is 3.66. The van der Waals surface area contributed by atoms with Gasteiger partial charge in [0.25, 0.3) is 0 Å². The van der Waals surface area contributed by atoms with Crippen molar-refractivity contribution >= 4 is 5.97 Å². The molecule has 1 N–H and O–H groups in total. The Morgan fingerprint density at radius 2 is 2.06 bits per heavy atom. The Balaban J connectivity index is 1.71. The maximum absolute atomic E-state index is 12.1. The fraction of sp³-hybridized carbons (Fsp3) is 0.929. The highest BCUT2D eigenvalue weighted by atomic mass is 16.6. The summed E-state index contributed by atoms with van der Waals surface area (Å²) < 4.78 is 11.3. The zero-order valence-corrected chi connectivity index (χ0v) is 11.3. The van der Waals surface area contributed by atoms with Crippen LogP contribution in [0.25, 0.3) is 0 Å². The number of aliphatic hydroxyl groups excluding tert-OH is 1. The lowest BCUT2D eigenvalue weighted by Crippen LogP contribution is -2.39. The van der Waals surface area contributed by atoms with Gasteiger partial charge in [-0.2, -0.15) is 0 Å². The molecule has 6 atom stereocenters. The third-order valence-corrected chi connectivity index (χ3v) is 5.25. The molecule has 2 saturated carbocycles. The van der Waals surface area contributed by atoms with Crippen LogP contribution in [0.5, 0.6) is 0 Å². The number of rotatable bonds is 3. The van der Waals surface area contributed by atoms with Crippen molar-refractivity contribution in [1.82, 2.24) is 0 Å². The van der Waals surface area contributed by atoms with Gasteiger partial charge in [-0.15, -0.1) is 0 Å². The average molecular weight is 254 g/mol. The predicted molar refractivity (Wildman–Crippen MR) is 64.5 cm³/mol. The second-order valence-electron chi connectivity index (χ2n) is 6.66. The van der Waals surface area contributed by atoms with Crippen LogP contribution in [-0.4, -0.2) is 29.6 Å². The molecule has 4 nitrogen and oxygen atoms in total. The van der Waals surface area contributed by atoms with Gasteiger partial charge in [-0.3, -0.25) is 4.79 Å². The Labute approximate surface area is 108 Å². The highest BCUT2D eigenvalue weighted by Crippen LogP contribution is 2.57. The van der Waals surface area contributed by atoms with Crippen LogP contribution in [0, 0.1) is 23.2 Å². The summed E-state index contributed by atoms with van der Waals surface area (Å²) >= 11 is 0. The second kappa shape index (κ2) is 3.94. The molecule has 0 aromatic rings. The molecule has 1 heterocycles. The Kier molecular flexibility index (Phi) is 2.72. The van der Waals surface area contributed by atoms with Crippen LogP contribution in [0.15, 0.2) is 0 Å². The van der Waals surface area contributed by atoms with E-state index in [-0.39, 0.29) is 24.1 Å². The van der Waals surface area contributed by atoms with E-state index in [9.17, 15) is 9.90 Å². The van der Waals surface area contributed by atoms with Crippen LogP contribution >= 0.6 is 0 Å². The predicted octanol–water partition coefficient (Wildman–Crippen LogP) is 1.71. The van der Waals surface area contributed by atoms with E-state index in [0.717, 1.165) is 19.3 Å². The molecular formula is C14H22O4. The van der Waals surface area contributed by atoms with Crippen molar-refractivity contribution in [3.8, 4) is 0 Å². The van der Waals surface area contributed by atoms with Gasteiger partial charge in [-0.05, 0) is 44.9 Å². The molecule has 3 rings (SSSR count). The van der Waals surface area contributed by atoms with Crippen LogP contribution in [-0.2, 0) is 14.3 Å². The molecule has 2 bridgehead atoms. The third kappa shape index (κ3) is 1.62. The Morgan fingerprint density at radius 1 is 1.39 bits per heavy atom. The van der Waals surface area contributed by atoms with Gasteiger partial charge in [0.2, 0.25) is 0 Å². The van der Waals surface area contributed by atoms with Gasteiger partial charge in [0.05, 0.1) is 5.41 Å². The first-order valence-electron chi connectivity index (χ1n) is 6.98. The quantitative estimate of drug-likeness (QED) is 0.779. The topological polar surface area (TPSA) is 55.8 Å². The summed E-state index contributed by atoms with van der Waals surface area (Å²) in [5, 5.41) is 9.79. The number of hydrogen-bond acceptors (Lipinski definition) is 4. The average Bonchev–Trinajstić information content (AvgIpc) is 2.93. The van der Waals surface area contributed by atoms with E-state index < -0.39 is 11.7 Å². The molecule has 0 radical (unpaired) electrons. The number of carbonyl (C=O) groups excluding carboxylic acids is 1. The zero-order valence-electron chi connectivity index (χ0n) is 11.3. The SMILES string of the molecule is CCC(C)(C)C(=O)OC1C2CC3C(O)OC1C3C2. The van der Waals surface area contributed by atoms with Gasteiger partial charge in [-0.1, -0.05) is 6.92 Å². The summed E-state index contributed by atoms with van der Waals surface area (Å²) in [5.41, 5.74) is -0.432. The molecule has 3 aliphatic rings. The number of fused-ring (bicyclic) bond motifs is 1. The van der Waals surface area contributed by atoms with E-state index >= 15 is 0 Å². The van der Waals surface area contributed by atoms with Gasteiger partial charge in [0.1, 0.15) is 12.2 Å². The molecular weight excluding hydrogens is 232 g/mol. The Morgan fingerprint density at radius 3 is 2.72 bits per heavy atom. The van der Waals surface area contributed by atoms with Gasteiger partial charge in [0.15, 0.2) is 6.29 Å². The minimum Gasteiger partial charge on any atom is -0.459 e. The lowest BCUT2D eigenvalue weighted by Gasteiger charge is -2.30. The normalized spacial score (nSPS) is 45.6.